The highest BCUT2D eigenvalue weighted by atomic mass is 32.1. The van der Waals surface area contributed by atoms with Crippen molar-refractivity contribution in [2.24, 2.45) is 0 Å². The zero-order chi connectivity index (χ0) is 11.8. The maximum absolute atomic E-state index is 6.02. The van der Waals surface area contributed by atoms with Crippen LogP contribution in [0.15, 0.2) is 0 Å². The van der Waals surface area contributed by atoms with E-state index in [1.807, 2.05) is 0 Å². The van der Waals surface area contributed by atoms with E-state index in [4.69, 9.17) is 5.73 Å². The zero-order valence-electron chi connectivity index (χ0n) is 10.4. The van der Waals surface area contributed by atoms with Crippen LogP contribution in [0.5, 0.6) is 0 Å². The number of hydrogen-bond donors (Lipinski definition) is 1. The lowest BCUT2D eigenvalue weighted by Gasteiger charge is -2.22. The average Bonchev–Trinajstić information content (AvgIpc) is 3.09. The van der Waals surface area contributed by atoms with Crippen molar-refractivity contribution in [1.82, 2.24) is 9.27 Å². The largest absolute Gasteiger partial charge is 0.383 e. The number of nitrogens with zero attached hydrogens (tertiary/aromatic N) is 3. The molecule has 0 radical (unpaired) electrons. The maximum atomic E-state index is 6.02. The molecular weight excluding hydrogens is 232 g/mol. The number of nitrogen functional groups attached to an aromatic ring is 1. The standard InChI is InChI=1S/C12H20N4S/c1-15-5-2-6-16(8-7-15)12-10(9-3-4-9)11(13)14-17-12/h9H,2-8H2,1H3,(H2,13,14). The van der Waals surface area contributed by atoms with Crippen molar-refractivity contribution in [3.63, 3.8) is 0 Å². The van der Waals surface area contributed by atoms with Crippen LogP contribution in [0.25, 0.3) is 0 Å². The van der Waals surface area contributed by atoms with E-state index in [1.54, 1.807) is 11.5 Å². The number of rotatable bonds is 2. The Morgan fingerprint density at radius 3 is 2.82 bits per heavy atom. The lowest BCUT2D eigenvalue weighted by atomic mass is 10.2. The number of likely N-dealkylation sites (N-methyl/N-ethyl adjacent to an activating group) is 1. The van der Waals surface area contributed by atoms with Crippen LogP contribution < -0.4 is 10.6 Å². The van der Waals surface area contributed by atoms with E-state index >= 15 is 0 Å². The molecule has 0 spiro atoms. The number of hydrogen-bond acceptors (Lipinski definition) is 5. The van der Waals surface area contributed by atoms with E-state index in [9.17, 15) is 0 Å². The zero-order valence-corrected chi connectivity index (χ0v) is 11.2. The highest BCUT2D eigenvalue weighted by molar-refractivity contribution is 7.10. The molecular formula is C12H20N4S. The first-order chi connectivity index (χ1) is 8.25. The Kier molecular flexibility index (Phi) is 2.96. The molecule has 1 saturated heterocycles. The first-order valence-corrected chi connectivity index (χ1v) is 7.21. The molecule has 1 aromatic heterocycles. The van der Waals surface area contributed by atoms with Crippen LogP contribution in [0.4, 0.5) is 10.8 Å². The third-order valence-electron chi connectivity index (χ3n) is 3.73. The van der Waals surface area contributed by atoms with Gasteiger partial charge >= 0.3 is 0 Å². The summed E-state index contributed by atoms with van der Waals surface area (Å²) in [5.41, 5.74) is 7.36. The maximum Gasteiger partial charge on any atom is 0.142 e. The summed E-state index contributed by atoms with van der Waals surface area (Å²) in [6, 6.07) is 0. The van der Waals surface area contributed by atoms with Gasteiger partial charge in [-0.15, -0.1) is 0 Å². The fourth-order valence-corrected chi connectivity index (χ4v) is 3.48. The fraction of sp³-hybridized carbons (Fsp3) is 0.750. The second-order valence-corrected chi connectivity index (χ2v) is 5.96. The van der Waals surface area contributed by atoms with Crippen molar-refractivity contribution < 1.29 is 0 Å². The summed E-state index contributed by atoms with van der Waals surface area (Å²) in [5, 5.41) is 1.35. The van der Waals surface area contributed by atoms with Crippen LogP contribution >= 0.6 is 11.5 Å². The van der Waals surface area contributed by atoms with E-state index in [-0.39, 0.29) is 0 Å². The summed E-state index contributed by atoms with van der Waals surface area (Å²) in [6.07, 6.45) is 3.82. The van der Waals surface area contributed by atoms with Crippen LogP contribution in [0.1, 0.15) is 30.7 Å². The van der Waals surface area contributed by atoms with Gasteiger partial charge in [0.25, 0.3) is 0 Å². The lowest BCUT2D eigenvalue weighted by molar-refractivity contribution is 0.360. The molecule has 2 N–H and O–H groups in total. The minimum absolute atomic E-state index is 0.699. The monoisotopic (exact) mass is 252 g/mol. The summed E-state index contributed by atoms with van der Waals surface area (Å²) >= 11 is 1.59. The Hall–Kier alpha value is -0.810. The Morgan fingerprint density at radius 2 is 2.06 bits per heavy atom. The van der Waals surface area contributed by atoms with Crippen LogP contribution in [0.3, 0.4) is 0 Å². The molecule has 2 heterocycles. The molecule has 1 aliphatic carbocycles. The van der Waals surface area contributed by atoms with Crippen molar-refractivity contribution in [2.75, 3.05) is 43.9 Å². The summed E-state index contributed by atoms with van der Waals surface area (Å²) in [5.74, 6) is 1.48. The molecule has 2 fully saturated rings. The first-order valence-electron chi connectivity index (χ1n) is 6.44. The molecule has 17 heavy (non-hydrogen) atoms. The quantitative estimate of drug-likeness (QED) is 0.871. The Bertz CT molecular complexity index is 399. The molecule has 0 amide bonds. The Labute approximate surface area is 107 Å². The lowest BCUT2D eigenvalue weighted by Crippen LogP contribution is -2.28. The summed E-state index contributed by atoms with van der Waals surface area (Å²) in [7, 11) is 2.20. The predicted octanol–water partition coefficient (Wildman–Crippen LogP) is 1.74. The van der Waals surface area contributed by atoms with Crippen molar-refractivity contribution >= 4 is 22.4 Å². The van der Waals surface area contributed by atoms with Gasteiger partial charge < -0.3 is 15.5 Å². The smallest absolute Gasteiger partial charge is 0.142 e. The van der Waals surface area contributed by atoms with Crippen molar-refractivity contribution in [2.45, 2.75) is 25.2 Å². The van der Waals surface area contributed by atoms with E-state index in [0.717, 1.165) is 25.5 Å². The molecule has 4 nitrogen and oxygen atoms in total. The van der Waals surface area contributed by atoms with Crippen molar-refractivity contribution in [3.05, 3.63) is 5.56 Å². The molecule has 94 valence electrons. The molecule has 0 aromatic carbocycles. The van der Waals surface area contributed by atoms with E-state index in [2.05, 4.69) is 21.2 Å². The summed E-state index contributed by atoms with van der Waals surface area (Å²) < 4.78 is 4.37. The normalized spacial score (nSPS) is 22.8. The number of nitrogens with two attached hydrogens (primary N) is 1. The number of anilines is 2. The van der Waals surface area contributed by atoms with Gasteiger partial charge in [-0.1, -0.05) is 0 Å². The molecule has 2 aliphatic rings. The number of aromatic nitrogens is 1. The van der Waals surface area contributed by atoms with E-state index < -0.39 is 0 Å². The molecule has 1 aromatic rings. The van der Waals surface area contributed by atoms with Gasteiger partial charge in [-0.05, 0) is 50.3 Å². The van der Waals surface area contributed by atoms with Crippen LogP contribution in [-0.2, 0) is 0 Å². The van der Waals surface area contributed by atoms with E-state index in [0.29, 0.717) is 5.92 Å². The highest BCUT2D eigenvalue weighted by Crippen LogP contribution is 2.48. The predicted molar refractivity (Wildman–Crippen MR) is 72.8 cm³/mol. The second-order valence-electron chi connectivity index (χ2n) is 5.20. The molecule has 0 bridgehead atoms. The van der Waals surface area contributed by atoms with Gasteiger partial charge in [-0.3, -0.25) is 0 Å². The molecule has 5 heteroatoms. The third kappa shape index (κ3) is 2.26. The van der Waals surface area contributed by atoms with Gasteiger partial charge in [0.1, 0.15) is 10.8 Å². The Morgan fingerprint density at radius 1 is 1.24 bits per heavy atom. The summed E-state index contributed by atoms with van der Waals surface area (Å²) in [6.45, 7) is 4.59. The van der Waals surface area contributed by atoms with Gasteiger partial charge in [0, 0.05) is 25.2 Å². The Balaban J connectivity index is 1.82. The van der Waals surface area contributed by atoms with Crippen LogP contribution in [-0.4, -0.2) is 42.5 Å². The molecule has 0 unspecified atom stereocenters. The third-order valence-corrected chi connectivity index (χ3v) is 4.67. The fourth-order valence-electron chi connectivity index (χ4n) is 2.53. The van der Waals surface area contributed by atoms with E-state index in [1.165, 1.54) is 36.4 Å². The van der Waals surface area contributed by atoms with Gasteiger partial charge in [0.15, 0.2) is 0 Å². The summed E-state index contributed by atoms with van der Waals surface area (Å²) in [4.78, 5) is 4.90. The minimum atomic E-state index is 0.699. The van der Waals surface area contributed by atoms with Crippen LogP contribution in [0.2, 0.25) is 0 Å². The molecule has 0 atom stereocenters. The second kappa shape index (κ2) is 4.46. The van der Waals surface area contributed by atoms with Crippen LogP contribution in [0, 0.1) is 0 Å². The van der Waals surface area contributed by atoms with Gasteiger partial charge in [-0.25, -0.2) is 0 Å². The van der Waals surface area contributed by atoms with Crippen molar-refractivity contribution in [1.29, 1.82) is 0 Å². The van der Waals surface area contributed by atoms with Gasteiger partial charge in [0.05, 0.1) is 0 Å². The molecule has 1 saturated carbocycles. The average molecular weight is 252 g/mol. The van der Waals surface area contributed by atoms with Gasteiger partial charge in [0.2, 0.25) is 0 Å². The SMILES string of the molecule is CN1CCCN(c2snc(N)c2C2CC2)CC1. The molecule has 3 rings (SSSR count). The first kappa shape index (κ1) is 11.3. The molecule has 1 aliphatic heterocycles. The minimum Gasteiger partial charge on any atom is -0.383 e. The topological polar surface area (TPSA) is 45.4 Å². The van der Waals surface area contributed by atoms with Crippen molar-refractivity contribution in [3.8, 4) is 0 Å². The van der Waals surface area contributed by atoms with Gasteiger partial charge in [-0.2, -0.15) is 4.37 Å². The highest BCUT2D eigenvalue weighted by Gasteiger charge is 2.32.